The Morgan fingerprint density at radius 1 is 0.885 bits per heavy atom. The van der Waals surface area contributed by atoms with Crippen molar-refractivity contribution in [3.8, 4) is 0 Å². The molecule has 26 heavy (non-hydrogen) atoms. The maximum Gasteiger partial charge on any atom is 0.173 e. The van der Waals surface area contributed by atoms with Gasteiger partial charge in [-0.2, -0.15) is 0 Å². The summed E-state index contributed by atoms with van der Waals surface area (Å²) < 4.78 is 0. The Kier molecular flexibility index (Phi) is 4.56. The van der Waals surface area contributed by atoms with Gasteiger partial charge in [-0.1, -0.05) is 77.5 Å². The molecular weight excluding hydrogens is 336 g/mol. The zero-order valence-corrected chi connectivity index (χ0v) is 16.1. The number of hydrogen-bond acceptors (Lipinski definition) is 3. The Bertz CT molecular complexity index is 931. The Morgan fingerprint density at radius 2 is 1.54 bits per heavy atom. The predicted octanol–water partition coefficient (Wildman–Crippen LogP) is 6.22. The lowest BCUT2D eigenvalue weighted by Gasteiger charge is -2.29. The Balaban J connectivity index is 1.67. The van der Waals surface area contributed by atoms with Crippen LogP contribution in [0.15, 0.2) is 82.5 Å². The van der Waals surface area contributed by atoms with E-state index in [9.17, 15) is 0 Å². The number of aliphatic imine (C=N–C) groups is 1. The van der Waals surface area contributed by atoms with E-state index in [2.05, 4.69) is 98.6 Å². The number of amidine groups is 1. The van der Waals surface area contributed by atoms with E-state index in [1.807, 2.05) is 0 Å². The molecule has 2 heterocycles. The van der Waals surface area contributed by atoms with E-state index in [4.69, 9.17) is 4.99 Å². The number of hydrogen-bond donors (Lipinski definition) is 0. The van der Waals surface area contributed by atoms with Crippen molar-refractivity contribution < 1.29 is 0 Å². The second kappa shape index (κ2) is 7.00. The molecule has 2 aromatic rings. The van der Waals surface area contributed by atoms with Crippen LogP contribution >= 0.6 is 11.8 Å². The van der Waals surface area contributed by atoms with Gasteiger partial charge in [0.05, 0.1) is 11.7 Å². The average molecular weight is 359 g/mol. The van der Waals surface area contributed by atoms with Crippen molar-refractivity contribution in [2.75, 3.05) is 0 Å². The fraction of sp³-hybridized carbons (Fsp3) is 0.174. The number of allylic oxidation sites excluding steroid dienone is 2. The number of benzene rings is 2. The molecule has 0 radical (unpaired) electrons. The summed E-state index contributed by atoms with van der Waals surface area (Å²) in [6.45, 7) is 6.37. The van der Waals surface area contributed by atoms with Crippen LogP contribution in [-0.4, -0.2) is 10.1 Å². The third-order valence-corrected chi connectivity index (χ3v) is 5.50. The van der Waals surface area contributed by atoms with E-state index in [1.165, 1.54) is 27.2 Å². The van der Waals surface area contributed by atoms with Crippen LogP contribution in [0.25, 0.3) is 6.08 Å². The SMILES string of the molecule is CC1=CN2C(=NC(/C=C/c3ccc(C)cc3)=CC2c2ccc(C)cc2)S1. The van der Waals surface area contributed by atoms with E-state index < -0.39 is 0 Å². The third kappa shape index (κ3) is 3.54. The number of thioether (sulfide) groups is 1. The smallest absolute Gasteiger partial charge is 0.173 e. The van der Waals surface area contributed by atoms with Crippen molar-refractivity contribution in [3.63, 3.8) is 0 Å². The molecule has 130 valence electrons. The van der Waals surface area contributed by atoms with Crippen molar-refractivity contribution in [2.24, 2.45) is 4.99 Å². The van der Waals surface area contributed by atoms with Gasteiger partial charge in [-0.25, -0.2) is 4.99 Å². The van der Waals surface area contributed by atoms with E-state index in [0.717, 1.165) is 10.9 Å². The minimum Gasteiger partial charge on any atom is -0.315 e. The summed E-state index contributed by atoms with van der Waals surface area (Å²) in [6.07, 6.45) is 8.70. The summed E-state index contributed by atoms with van der Waals surface area (Å²) in [5, 5.41) is 1.05. The van der Waals surface area contributed by atoms with Gasteiger partial charge in [-0.3, -0.25) is 0 Å². The third-order valence-electron chi connectivity index (χ3n) is 4.59. The highest BCUT2D eigenvalue weighted by atomic mass is 32.2. The highest BCUT2D eigenvalue weighted by Gasteiger charge is 2.29. The molecule has 2 aromatic carbocycles. The molecule has 0 saturated carbocycles. The van der Waals surface area contributed by atoms with Crippen LogP contribution in [0.1, 0.15) is 35.2 Å². The first-order valence-electron chi connectivity index (χ1n) is 8.85. The molecule has 4 rings (SSSR count). The Hall–Kier alpha value is -2.52. The van der Waals surface area contributed by atoms with Crippen LogP contribution in [0.3, 0.4) is 0 Å². The minimum absolute atomic E-state index is 0.186. The highest BCUT2D eigenvalue weighted by molar-refractivity contribution is 8.17. The van der Waals surface area contributed by atoms with Crippen LogP contribution < -0.4 is 0 Å². The Labute approximate surface area is 159 Å². The molecule has 2 aliphatic heterocycles. The normalized spacial score (nSPS) is 19.3. The van der Waals surface area contributed by atoms with Gasteiger partial charge in [-0.05, 0) is 44.1 Å². The summed E-state index contributed by atoms with van der Waals surface area (Å²) in [5.41, 5.74) is 6.05. The zero-order valence-electron chi connectivity index (χ0n) is 15.3. The average Bonchev–Trinajstić information content (AvgIpc) is 3.01. The number of aryl methyl sites for hydroxylation is 2. The van der Waals surface area contributed by atoms with Crippen LogP contribution in [0.2, 0.25) is 0 Å². The maximum atomic E-state index is 4.85. The molecule has 0 N–H and O–H groups in total. The number of fused-ring (bicyclic) bond motifs is 1. The lowest BCUT2D eigenvalue weighted by atomic mass is 10.0. The molecule has 0 bridgehead atoms. The molecule has 0 saturated heterocycles. The first kappa shape index (κ1) is 16.9. The largest absolute Gasteiger partial charge is 0.315 e. The monoisotopic (exact) mass is 358 g/mol. The van der Waals surface area contributed by atoms with Crippen LogP contribution in [0, 0.1) is 13.8 Å². The molecule has 0 aromatic heterocycles. The fourth-order valence-electron chi connectivity index (χ4n) is 3.12. The summed E-state index contributed by atoms with van der Waals surface area (Å²) in [5.74, 6) is 0. The van der Waals surface area contributed by atoms with E-state index >= 15 is 0 Å². The van der Waals surface area contributed by atoms with Crippen molar-refractivity contribution in [1.82, 2.24) is 4.90 Å². The van der Waals surface area contributed by atoms with Gasteiger partial charge in [0.15, 0.2) is 5.17 Å². The van der Waals surface area contributed by atoms with Crippen LogP contribution in [0.4, 0.5) is 0 Å². The van der Waals surface area contributed by atoms with Crippen molar-refractivity contribution in [2.45, 2.75) is 26.8 Å². The van der Waals surface area contributed by atoms with Crippen molar-refractivity contribution in [3.05, 3.63) is 99.7 Å². The maximum absolute atomic E-state index is 4.85. The van der Waals surface area contributed by atoms with E-state index in [-0.39, 0.29) is 6.04 Å². The van der Waals surface area contributed by atoms with Gasteiger partial charge in [0.25, 0.3) is 0 Å². The first-order valence-corrected chi connectivity index (χ1v) is 9.66. The second-order valence-electron chi connectivity index (χ2n) is 6.83. The summed E-state index contributed by atoms with van der Waals surface area (Å²) in [4.78, 5) is 8.40. The lowest BCUT2D eigenvalue weighted by Crippen LogP contribution is -2.27. The van der Waals surface area contributed by atoms with Crippen LogP contribution in [-0.2, 0) is 0 Å². The van der Waals surface area contributed by atoms with Gasteiger partial charge in [0.2, 0.25) is 0 Å². The number of nitrogens with zero attached hydrogens (tertiary/aromatic N) is 2. The molecule has 0 aliphatic carbocycles. The van der Waals surface area contributed by atoms with Gasteiger partial charge in [0.1, 0.15) is 0 Å². The van der Waals surface area contributed by atoms with Gasteiger partial charge < -0.3 is 4.90 Å². The molecule has 3 heteroatoms. The molecule has 1 unspecified atom stereocenters. The van der Waals surface area contributed by atoms with Crippen molar-refractivity contribution >= 4 is 23.0 Å². The molecule has 0 spiro atoms. The second-order valence-corrected chi connectivity index (χ2v) is 8.05. The molecule has 0 amide bonds. The van der Waals surface area contributed by atoms with Crippen molar-refractivity contribution in [1.29, 1.82) is 0 Å². The quantitative estimate of drug-likeness (QED) is 0.647. The molecule has 2 aliphatic rings. The Morgan fingerprint density at radius 3 is 2.23 bits per heavy atom. The highest BCUT2D eigenvalue weighted by Crippen LogP contribution is 2.39. The van der Waals surface area contributed by atoms with Gasteiger partial charge in [-0.15, -0.1) is 0 Å². The number of rotatable bonds is 3. The minimum atomic E-state index is 0.186. The predicted molar refractivity (Wildman–Crippen MR) is 113 cm³/mol. The lowest BCUT2D eigenvalue weighted by molar-refractivity contribution is 0.485. The molecule has 0 fully saturated rings. The van der Waals surface area contributed by atoms with E-state index in [0.29, 0.717) is 0 Å². The van der Waals surface area contributed by atoms with E-state index in [1.54, 1.807) is 11.8 Å². The first-order chi connectivity index (χ1) is 12.6. The summed E-state index contributed by atoms with van der Waals surface area (Å²) >= 11 is 1.74. The molecular formula is C23H22N2S. The van der Waals surface area contributed by atoms with Gasteiger partial charge in [0, 0.05) is 11.1 Å². The standard InChI is InChI=1S/C23H22N2S/c1-16-4-8-19(9-5-16)10-13-21-14-22(20-11-6-17(2)7-12-20)25-15-18(3)26-23(25)24-21/h4-15,22H,1-3H3/b13-10+. The van der Waals surface area contributed by atoms with Gasteiger partial charge >= 0.3 is 0 Å². The summed E-state index contributed by atoms with van der Waals surface area (Å²) in [7, 11) is 0. The molecule has 1 atom stereocenters. The van der Waals surface area contributed by atoms with Crippen LogP contribution in [0.5, 0.6) is 0 Å². The molecule has 2 nitrogen and oxygen atoms in total. The zero-order chi connectivity index (χ0) is 18.1. The fourth-order valence-corrected chi connectivity index (χ4v) is 3.99. The summed E-state index contributed by atoms with van der Waals surface area (Å²) in [6, 6.07) is 17.5. The topological polar surface area (TPSA) is 15.6 Å².